The number of carboxylic acid groups (broad SMARTS) is 1. The summed E-state index contributed by atoms with van der Waals surface area (Å²) in [6, 6.07) is 2.99. The van der Waals surface area contributed by atoms with Crippen LogP contribution >= 0.6 is 0 Å². The molecule has 0 radical (unpaired) electrons. The summed E-state index contributed by atoms with van der Waals surface area (Å²) in [7, 11) is -1.88. The van der Waals surface area contributed by atoms with Crippen LogP contribution in [0.15, 0.2) is 23.2 Å². The van der Waals surface area contributed by atoms with E-state index < -0.39 is 16.0 Å². The molecule has 0 saturated carbocycles. The number of anilines is 1. The standard InChI is InChI=1S/C12H17N3O4S/c1-14(9-12(16)17)11-5-4-10(8-13-11)20(18,19)15-6-2-3-7-15/h4-5,8H,2-3,6-7,9H2,1H3,(H,16,17). The Morgan fingerprint density at radius 3 is 2.55 bits per heavy atom. The number of pyridine rings is 1. The normalized spacial score (nSPS) is 16.2. The second-order valence-corrected chi connectivity index (χ2v) is 6.65. The summed E-state index contributed by atoms with van der Waals surface area (Å²) in [5, 5.41) is 8.70. The van der Waals surface area contributed by atoms with Crippen molar-refractivity contribution in [2.24, 2.45) is 0 Å². The molecule has 110 valence electrons. The van der Waals surface area contributed by atoms with Crippen molar-refractivity contribution in [3.05, 3.63) is 18.3 Å². The summed E-state index contributed by atoms with van der Waals surface area (Å²) >= 11 is 0. The van der Waals surface area contributed by atoms with Crippen LogP contribution in [0.1, 0.15) is 12.8 Å². The van der Waals surface area contributed by atoms with Gasteiger partial charge in [-0.3, -0.25) is 4.79 Å². The molecule has 0 atom stereocenters. The number of carbonyl (C=O) groups is 1. The van der Waals surface area contributed by atoms with Gasteiger partial charge in [-0.15, -0.1) is 0 Å². The average Bonchev–Trinajstić information content (AvgIpc) is 2.92. The van der Waals surface area contributed by atoms with Gasteiger partial charge in [0.2, 0.25) is 10.0 Å². The molecule has 1 saturated heterocycles. The zero-order chi connectivity index (χ0) is 14.8. The maximum Gasteiger partial charge on any atom is 0.323 e. The van der Waals surface area contributed by atoms with Gasteiger partial charge in [0.1, 0.15) is 17.3 Å². The quantitative estimate of drug-likeness (QED) is 0.845. The molecular formula is C12H17N3O4S. The van der Waals surface area contributed by atoms with Crippen LogP contribution < -0.4 is 4.90 Å². The van der Waals surface area contributed by atoms with Gasteiger partial charge in [0.25, 0.3) is 0 Å². The van der Waals surface area contributed by atoms with E-state index in [0.29, 0.717) is 18.9 Å². The Morgan fingerprint density at radius 2 is 2.05 bits per heavy atom. The van der Waals surface area contributed by atoms with Gasteiger partial charge in [0.05, 0.1) is 0 Å². The molecule has 7 nitrogen and oxygen atoms in total. The fourth-order valence-electron chi connectivity index (χ4n) is 2.11. The van der Waals surface area contributed by atoms with Gasteiger partial charge in [0.15, 0.2) is 0 Å². The number of carboxylic acids is 1. The molecule has 0 amide bonds. The first-order valence-corrected chi connectivity index (χ1v) is 7.74. The summed E-state index contributed by atoms with van der Waals surface area (Å²) in [5.41, 5.74) is 0. The topological polar surface area (TPSA) is 90.8 Å². The number of likely N-dealkylation sites (N-methyl/N-ethyl adjacent to an activating group) is 1. The minimum absolute atomic E-state index is 0.145. The van der Waals surface area contributed by atoms with Crippen LogP contribution in [0.3, 0.4) is 0 Å². The van der Waals surface area contributed by atoms with Crippen molar-refractivity contribution in [3.8, 4) is 0 Å². The van der Waals surface area contributed by atoms with Gasteiger partial charge in [-0.1, -0.05) is 0 Å². The third kappa shape index (κ3) is 3.07. The molecule has 1 aromatic heterocycles. The fourth-order valence-corrected chi connectivity index (χ4v) is 3.58. The van der Waals surface area contributed by atoms with E-state index in [-0.39, 0.29) is 11.4 Å². The zero-order valence-electron chi connectivity index (χ0n) is 11.2. The molecule has 0 aromatic carbocycles. The minimum Gasteiger partial charge on any atom is -0.480 e. The number of rotatable bonds is 5. The first-order valence-electron chi connectivity index (χ1n) is 6.30. The highest BCUT2D eigenvalue weighted by Gasteiger charge is 2.27. The van der Waals surface area contributed by atoms with Crippen LogP contribution in [0.5, 0.6) is 0 Å². The SMILES string of the molecule is CN(CC(=O)O)c1ccc(S(=O)(=O)N2CCCC2)cn1. The molecule has 1 N–H and O–H groups in total. The monoisotopic (exact) mass is 299 g/mol. The van der Waals surface area contributed by atoms with Crippen LogP contribution in [0.2, 0.25) is 0 Å². The third-order valence-electron chi connectivity index (χ3n) is 3.19. The van der Waals surface area contributed by atoms with Crippen molar-refractivity contribution in [2.45, 2.75) is 17.7 Å². The number of nitrogens with zero attached hydrogens (tertiary/aromatic N) is 3. The van der Waals surface area contributed by atoms with Crippen molar-refractivity contribution < 1.29 is 18.3 Å². The second-order valence-electron chi connectivity index (χ2n) is 4.71. The highest BCUT2D eigenvalue weighted by atomic mass is 32.2. The van der Waals surface area contributed by atoms with Crippen molar-refractivity contribution in [2.75, 3.05) is 31.6 Å². The Kier molecular flexibility index (Phi) is 4.24. The molecule has 2 heterocycles. The summed E-state index contributed by atoms with van der Waals surface area (Å²) < 4.78 is 26.0. The van der Waals surface area contributed by atoms with Gasteiger partial charge < -0.3 is 10.0 Å². The molecule has 20 heavy (non-hydrogen) atoms. The molecule has 8 heteroatoms. The Balaban J connectivity index is 2.17. The molecule has 2 rings (SSSR count). The maximum atomic E-state index is 12.3. The number of hydrogen-bond donors (Lipinski definition) is 1. The van der Waals surface area contributed by atoms with Crippen molar-refractivity contribution in [3.63, 3.8) is 0 Å². The second kappa shape index (κ2) is 5.76. The maximum absolute atomic E-state index is 12.3. The van der Waals surface area contributed by atoms with Gasteiger partial charge in [-0.2, -0.15) is 4.31 Å². The summed E-state index contributed by atoms with van der Waals surface area (Å²) in [6.07, 6.45) is 3.04. The summed E-state index contributed by atoms with van der Waals surface area (Å²) in [5.74, 6) is -0.546. The van der Waals surface area contributed by atoms with Crippen molar-refractivity contribution in [1.29, 1.82) is 0 Å². The average molecular weight is 299 g/mol. The third-order valence-corrected chi connectivity index (χ3v) is 5.07. The van der Waals surface area contributed by atoms with Crippen LogP contribution in [0.4, 0.5) is 5.82 Å². The van der Waals surface area contributed by atoms with E-state index in [0.717, 1.165) is 12.8 Å². The molecule has 0 bridgehead atoms. The summed E-state index contributed by atoms with van der Waals surface area (Å²) in [4.78, 5) is 16.2. The first kappa shape index (κ1) is 14.7. The number of aliphatic carboxylic acids is 1. The zero-order valence-corrected chi connectivity index (χ0v) is 12.0. The van der Waals surface area contributed by atoms with E-state index in [1.807, 2.05) is 0 Å². The first-order chi connectivity index (χ1) is 9.41. The lowest BCUT2D eigenvalue weighted by Crippen LogP contribution is -2.28. The van der Waals surface area contributed by atoms with Gasteiger partial charge in [-0.05, 0) is 25.0 Å². The molecule has 0 spiro atoms. The molecule has 1 fully saturated rings. The summed E-state index contributed by atoms with van der Waals surface area (Å²) in [6.45, 7) is 0.900. The molecule has 0 unspecified atom stereocenters. The lowest BCUT2D eigenvalue weighted by molar-refractivity contribution is -0.135. The van der Waals surface area contributed by atoms with E-state index >= 15 is 0 Å². The lowest BCUT2D eigenvalue weighted by Gasteiger charge is -2.18. The van der Waals surface area contributed by atoms with E-state index in [4.69, 9.17) is 5.11 Å². The highest BCUT2D eigenvalue weighted by Crippen LogP contribution is 2.21. The van der Waals surface area contributed by atoms with Crippen LogP contribution in [0, 0.1) is 0 Å². The van der Waals surface area contributed by atoms with Gasteiger partial charge in [-0.25, -0.2) is 13.4 Å². The molecule has 1 aromatic rings. The molecule has 0 aliphatic carbocycles. The van der Waals surface area contributed by atoms with Gasteiger partial charge >= 0.3 is 5.97 Å². The Labute approximate surface area is 117 Å². The van der Waals surface area contributed by atoms with E-state index in [9.17, 15) is 13.2 Å². The fraction of sp³-hybridized carbons (Fsp3) is 0.500. The van der Waals surface area contributed by atoms with Crippen LogP contribution in [-0.2, 0) is 14.8 Å². The molecule has 1 aliphatic heterocycles. The number of hydrogen-bond acceptors (Lipinski definition) is 5. The predicted octanol–water partition coefficient (Wildman–Crippen LogP) is 0.387. The number of sulfonamides is 1. The predicted molar refractivity (Wildman–Crippen MR) is 73.1 cm³/mol. The van der Waals surface area contributed by atoms with Crippen molar-refractivity contribution >= 4 is 21.8 Å². The van der Waals surface area contributed by atoms with Crippen LogP contribution in [0.25, 0.3) is 0 Å². The van der Waals surface area contributed by atoms with Crippen LogP contribution in [-0.4, -0.2) is 55.5 Å². The highest BCUT2D eigenvalue weighted by molar-refractivity contribution is 7.89. The Hall–Kier alpha value is -1.67. The molecular weight excluding hydrogens is 282 g/mol. The van der Waals surface area contributed by atoms with E-state index in [2.05, 4.69) is 4.98 Å². The number of aromatic nitrogens is 1. The minimum atomic E-state index is -3.47. The van der Waals surface area contributed by atoms with Crippen molar-refractivity contribution in [1.82, 2.24) is 9.29 Å². The Bertz CT molecular complexity index is 579. The largest absolute Gasteiger partial charge is 0.480 e. The van der Waals surface area contributed by atoms with E-state index in [1.165, 1.54) is 27.5 Å². The van der Waals surface area contributed by atoms with Gasteiger partial charge in [0, 0.05) is 26.3 Å². The Morgan fingerprint density at radius 1 is 1.40 bits per heavy atom. The smallest absolute Gasteiger partial charge is 0.323 e. The van der Waals surface area contributed by atoms with E-state index in [1.54, 1.807) is 7.05 Å². The molecule has 1 aliphatic rings. The lowest BCUT2D eigenvalue weighted by atomic mass is 10.4.